The summed E-state index contributed by atoms with van der Waals surface area (Å²) in [5.74, 6) is -2.95. The van der Waals surface area contributed by atoms with Crippen LogP contribution in [0.5, 0.6) is 0 Å². The van der Waals surface area contributed by atoms with Crippen molar-refractivity contribution in [2.75, 3.05) is 0 Å². The summed E-state index contributed by atoms with van der Waals surface area (Å²) in [6.07, 6.45) is -8.33. The van der Waals surface area contributed by atoms with Crippen LogP contribution in [-0.2, 0) is 18.8 Å². The van der Waals surface area contributed by atoms with Crippen LogP contribution in [0, 0.1) is 5.92 Å². The van der Waals surface area contributed by atoms with E-state index in [2.05, 4.69) is 0 Å². The summed E-state index contributed by atoms with van der Waals surface area (Å²) in [6.45, 7) is 19.7. The highest BCUT2D eigenvalue weighted by Gasteiger charge is 2.67. The van der Waals surface area contributed by atoms with Crippen LogP contribution in [0.2, 0.25) is 36.3 Å². The van der Waals surface area contributed by atoms with Gasteiger partial charge < -0.3 is 13.7 Å². The number of hydrogen-bond donors (Lipinski definition) is 0. The largest absolute Gasteiger partial charge is 0.441 e. The zero-order valence-electron chi connectivity index (χ0n) is 19.4. The zero-order chi connectivity index (χ0) is 23.4. The number of halogens is 3. The molecule has 0 unspecified atom stereocenters. The summed E-state index contributed by atoms with van der Waals surface area (Å²) in [7, 11) is -5.41. The van der Waals surface area contributed by atoms with Gasteiger partial charge in [-0.25, -0.2) is 0 Å². The second-order valence-electron chi connectivity index (χ2n) is 10.9. The van der Waals surface area contributed by atoms with Crippen LogP contribution < -0.4 is 0 Å². The predicted octanol–water partition coefficient (Wildman–Crippen LogP) is 5.29. The Kier molecular flexibility index (Phi) is 6.92. The average Bonchev–Trinajstić information content (AvgIpc) is 2.41. The summed E-state index contributed by atoms with van der Waals surface area (Å²) in [5.41, 5.74) is 0. The van der Waals surface area contributed by atoms with E-state index in [9.17, 15) is 22.8 Å². The molecule has 0 radical (unpaired) electrons. The molecule has 0 aromatic rings. The maximum absolute atomic E-state index is 14.0. The molecule has 1 heterocycles. The fourth-order valence-electron chi connectivity index (χ4n) is 2.85. The van der Waals surface area contributed by atoms with Crippen LogP contribution in [0.15, 0.2) is 0 Å². The van der Waals surface area contributed by atoms with Gasteiger partial charge in [0.2, 0.25) is 5.91 Å². The monoisotopic (exact) mass is 455 g/mol. The van der Waals surface area contributed by atoms with E-state index in [1.165, 1.54) is 4.57 Å². The van der Waals surface area contributed by atoms with E-state index in [1.807, 2.05) is 54.6 Å². The van der Waals surface area contributed by atoms with Gasteiger partial charge in [-0.15, -0.1) is 0 Å². The molecule has 0 aliphatic carbocycles. The quantitative estimate of drug-likeness (QED) is 0.321. The molecule has 0 N–H and O–H groups in total. The van der Waals surface area contributed by atoms with Crippen molar-refractivity contribution in [3.63, 3.8) is 0 Å². The molecule has 1 aliphatic rings. The van der Waals surface area contributed by atoms with Crippen LogP contribution in [0.1, 0.15) is 48.5 Å². The van der Waals surface area contributed by atoms with E-state index in [4.69, 9.17) is 9.16 Å². The summed E-state index contributed by atoms with van der Waals surface area (Å²) in [6, 6.07) is 0. The van der Waals surface area contributed by atoms with Crippen LogP contribution in [0.4, 0.5) is 13.2 Å². The van der Waals surface area contributed by atoms with Gasteiger partial charge in [-0.3, -0.25) is 9.59 Å². The number of nitrogens with zero attached hydrogens (tertiary/aromatic N) is 1. The summed E-state index contributed by atoms with van der Waals surface area (Å²) >= 11 is 0. The Morgan fingerprint density at radius 3 is 1.76 bits per heavy atom. The van der Waals surface area contributed by atoms with Crippen LogP contribution in [0.3, 0.4) is 0 Å². The molecule has 1 saturated heterocycles. The Bertz CT molecular complexity index is 651. The maximum atomic E-state index is 14.0. The minimum Gasteiger partial charge on any atom is -0.441 e. The normalized spacial score (nSPS) is 23.0. The Balaban J connectivity index is 3.42. The van der Waals surface area contributed by atoms with Gasteiger partial charge in [-0.2, -0.15) is 13.2 Å². The fraction of sp³-hybridized carbons (Fsp3) is 0.895. The minimum absolute atomic E-state index is 0.319. The molecule has 0 spiro atoms. The first kappa shape index (κ1) is 26.2. The van der Waals surface area contributed by atoms with Crippen molar-refractivity contribution in [3.05, 3.63) is 0 Å². The van der Waals surface area contributed by atoms with Crippen molar-refractivity contribution in [1.29, 1.82) is 0 Å². The SMILES string of the molecule is CC(=O)O[C@@H]1[C@@H]([C@H](O[Si](C)(C)C(C)(C)C)C(F)(F)F)C(=O)N1[Si](C)(C)C(C)(C)C. The Morgan fingerprint density at radius 1 is 1.00 bits per heavy atom. The number of carbonyl (C=O) groups is 2. The third-order valence-corrected chi connectivity index (χ3v) is 16.5. The summed E-state index contributed by atoms with van der Waals surface area (Å²) < 4.78 is 54.5. The standard InChI is InChI=1S/C19H36F3NO4Si2/c1-12(24)26-16-13(15(25)23(16)28(8,9)17(2,3)4)14(19(20,21)22)27-29(10,11)18(5,6)7/h13-14,16H,1-11H3/t13-,14-,16+/m0/s1. The number of rotatable bonds is 5. The molecular weight excluding hydrogens is 419 g/mol. The smallest absolute Gasteiger partial charge is 0.414 e. The molecule has 1 amide bonds. The molecule has 0 aromatic carbocycles. The van der Waals surface area contributed by atoms with Crippen LogP contribution in [-0.4, -0.2) is 51.5 Å². The lowest BCUT2D eigenvalue weighted by Crippen LogP contribution is -2.77. The van der Waals surface area contributed by atoms with Crippen molar-refractivity contribution in [2.24, 2.45) is 5.92 Å². The van der Waals surface area contributed by atoms with Crippen molar-refractivity contribution >= 4 is 28.4 Å². The van der Waals surface area contributed by atoms with E-state index < -0.39 is 57.9 Å². The molecular formula is C19H36F3NO4Si2. The molecule has 1 fully saturated rings. The predicted molar refractivity (Wildman–Crippen MR) is 111 cm³/mol. The summed E-state index contributed by atoms with van der Waals surface area (Å²) in [5, 5.41) is -0.792. The lowest BCUT2D eigenvalue weighted by Gasteiger charge is -2.58. The number of alkyl halides is 3. The van der Waals surface area contributed by atoms with Crippen LogP contribution in [0.25, 0.3) is 0 Å². The van der Waals surface area contributed by atoms with E-state index in [1.54, 1.807) is 13.1 Å². The first-order valence-electron chi connectivity index (χ1n) is 9.80. The van der Waals surface area contributed by atoms with Gasteiger partial charge >= 0.3 is 12.1 Å². The number of esters is 1. The highest BCUT2D eigenvalue weighted by atomic mass is 28.4. The number of hydrogen-bond acceptors (Lipinski definition) is 4. The van der Waals surface area contributed by atoms with E-state index >= 15 is 0 Å². The molecule has 3 atom stereocenters. The van der Waals surface area contributed by atoms with Gasteiger partial charge in [-0.1, -0.05) is 54.6 Å². The molecule has 170 valence electrons. The van der Waals surface area contributed by atoms with Crippen molar-refractivity contribution in [3.8, 4) is 0 Å². The minimum atomic E-state index is -4.76. The third kappa shape index (κ3) is 5.07. The highest BCUT2D eigenvalue weighted by Crippen LogP contribution is 2.50. The third-order valence-electron chi connectivity index (χ3n) is 6.69. The van der Waals surface area contributed by atoms with Gasteiger partial charge in [0.25, 0.3) is 0 Å². The number of ether oxygens (including phenoxy) is 1. The molecule has 29 heavy (non-hydrogen) atoms. The lowest BCUT2D eigenvalue weighted by atomic mass is 9.92. The molecule has 1 aliphatic heterocycles. The van der Waals surface area contributed by atoms with Crippen LogP contribution >= 0.6 is 0 Å². The Labute approximate surface area is 174 Å². The summed E-state index contributed by atoms with van der Waals surface area (Å²) in [4.78, 5) is 24.8. The molecule has 1 rings (SSSR count). The van der Waals surface area contributed by atoms with Gasteiger partial charge in [0, 0.05) is 6.92 Å². The second kappa shape index (κ2) is 7.67. The van der Waals surface area contributed by atoms with Crippen molar-refractivity contribution < 1.29 is 31.9 Å². The average molecular weight is 456 g/mol. The van der Waals surface area contributed by atoms with Gasteiger partial charge in [0.15, 0.2) is 28.9 Å². The van der Waals surface area contributed by atoms with Crippen molar-refractivity contribution in [1.82, 2.24) is 4.57 Å². The number of carbonyl (C=O) groups excluding carboxylic acids is 2. The molecule has 5 nitrogen and oxygen atoms in total. The highest BCUT2D eigenvalue weighted by molar-refractivity contribution is 6.80. The van der Waals surface area contributed by atoms with E-state index in [0.29, 0.717) is 0 Å². The van der Waals surface area contributed by atoms with Crippen molar-refractivity contribution in [2.45, 2.75) is 103 Å². The second-order valence-corrected chi connectivity index (χ2v) is 20.7. The molecule has 0 aromatic heterocycles. The zero-order valence-corrected chi connectivity index (χ0v) is 21.4. The lowest BCUT2D eigenvalue weighted by molar-refractivity contribution is -0.250. The van der Waals surface area contributed by atoms with Gasteiger partial charge in [0.05, 0.1) is 0 Å². The fourth-order valence-corrected chi connectivity index (χ4v) is 6.40. The molecule has 10 heteroatoms. The molecule has 0 saturated carbocycles. The first-order chi connectivity index (χ1) is 12.6. The van der Waals surface area contributed by atoms with Gasteiger partial charge in [0.1, 0.15) is 5.92 Å². The van der Waals surface area contributed by atoms with E-state index in [-0.39, 0.29) is 5.04 Å². The van der Waals surface area contributed by atoms with Gasteiger partial charge in [-0.05, 0) is 23.2 Å². The topological polar surface area (TPSA) is 55.8 Å². The maximum Gasteiger partial charge on any atom is 0.414 e. The van der Waals surface area contributed by atoms with E-state index in [0.717, 1.165) is 6.92 Å². The molecule has 0 bridgehead atoms. The first-order valence-corrected chi connectivity index (χ1v) is 15.7. The Hall–Kier alpha value is -0.876. The number of β-lactam (4-membered cyclic amide) rings is 1. The Morgan fingerprint density at radius 2 is 1.45 bits per heavy atom. The number of amides is 1.